The number of nitrogens with one attached hydrogen (secondary N) is 1. The molecule has 4 aliphatic heterocycles. The molecule has 11 heteroatoms. The van der Waals surface area contributed by atoms with E-state index >= 15 is 4.79 Å². The van der Waals surface area contributed by atoms with Crippen molar-refractivity contribution in [1.82, 2.24) is 10.2 Å². The van der Waals surface area contributed by atoms with Crippen molar-refractivity contribution in [2.24, 2.45) is 17.8 Å². The van der Waals surface area contributed by atoms with Gasteiger partial charge in [0.2, 0.25) is 11.8 Å². The number of fused-ring (bicyclic) bond motifs is 3. The van der Waals surface area contributed by atoms with Gasteiger partial charge in [0.05, 0.1) is 25.1 Å². The predicted molar refractivity (Wildman–Crippen MR) is 196 cm³/mol. The second-order valence-electron chi connectivity index (χ2n) is 13.8. The maximum atomic E-state index is 15.3. The number of hydrogen-bond acceptors (Lipinski definition) is 7. The van der Waals surface area contributed by atoms with Crippen LogP contribution in [0.2, 0.25) is 0 Å². The first kappa shape index (κ1) is 35.1. The molecule has 51 heavy (non-hydrogen) atoms. The fourth-order valence-electron chi connectivity index (χ4n) is 8.11. The van der Waals surface area contributed by atoms with Crippen LogP contribution >= 0.6 is 15.9 Å². The quantitative estimate of drug-likeness (QED) is 0.262. The van der Waals surface area contributed by atoms with Gasteiger partial charge in [0.15, 0.2) is 0 Å². The first-order valence-electron chi connectivity index (χ1n) is 17.6. The molecule has 5 bridgehead atoms. The summed E-state index contributed by atoms with van der Waals surface area (Å²) in [6.07, 6.45) is 5.07. The second kappa shape index (κ2) is 14.4. The molecule has 0 aliphatic carbocycles. The summed E-state index contributed by atoms with van der Waals surface area (Å²) >= 11 is 3.62. The Morgan fingerprint density at radius 1 is 0.980 bits per heavy atom. The second-order valence-corrected chi connectivity index (χ2v) is 14.8. The van der Waals surface area contributed by atoms with Gasteiger partial charge in [-0.25, -0.2) is 0 Å². The molecule has 2 fully saturated rings. The van der Waals surface area contributed by atoms with Crippen LogP contribution in [0, 0.1) is 17.8 Å². The number of aliphatic hydroxyl groups is 1. The summed E-state index contributed by atoms with van der Waals surface area (Å²) in [7, 11) is 0. The van der Waals surface area contributed by atoms with E-state index < -0.39 is 59.5 Å². The number of halogens is 1. The Morgan fingerprint density at radius 3 is 2.47 bits per heavy atom. The number of ether oxygens (including phenoxy) is 2. The van der Waals surface area contributed by atoms with Crippen molar-refractivity contribution in [3.63, 3.8) is 0 Å². The fraction of sp³-hybridized carbons (Fsp3) is 0.400. The Morgan fingerprint density at radius 2 is 1.73 bits per heavy atom. The highest BCUT2D eigenvalue weighted by Gasteiger charge is 2.75. The zero-order chi connectivity index (χ0) is 35.9. The van der Waals surface area contributed by atoms with E-state index in [1.54, 1.807) is 11.0 Å². The first-order chi connectivity index (χ1) is 24.7. The summed E-state index contributed by atoms with van der Waals surface area (Å²) in [6, 6.07) is 20.9. The van der Waals surface area contributed by atoms with Crippen LogP contribution in [0.15, 0.2) is 95.5 Å². The normalized spacial score (nSPS) is 30.1. The summed E-state index contributed by atoms with van der Waals surface area (Å²) in [5, 5.41) is 15.7. The van der Waals surface area contributed by atoms with Crippen LogP contribution < -0.4 is 10.2 Å². The molecular weight excluding hydrogens is 714 g/mol. The third-order valence-electron chi connectivity index (χ3n) is 10.9. The predicted octanol–water partition coefficient (Wildman–Crippen LogP) is 5.20. The molecule has 266 valence electrons. The number of allylic oxidation sites excluding steroid dienone is 1. The lowest BCUT2D eigenvalue weighted by atomic mass is 9.74. The lowest BCUT2D eigenvalue weighted by Crippen LogP contribution is -2.59. The molecule has 3 aromatic rings. The standard InChI is InChI=1S/C40H42BrN3O7/c1-3-24(2)30(23-45)44-36-38(48)43(28-18-17-25-12-9-10-15-27(25)20-28)19-11-5-8-16-32(46)42-22-31(26-13-6-4-7-14-26)50-39(49)33-34(37(44)47)40(36)21-29(41)35(33)51-40/h4-7,9-15,17-18,20-21,24,30-31,33-36,45H,3,8,16,19,22-23H2,1-2H3,(H,42,46)/b11-5-/t24-,30-,31+,33+,34-,35+,36+,40-/m0/s1. The molecule has 8 atom stereocenters. The molecule has 0 saturated carbocycles. The molecule has 0 unspecified atom stereocenters. The topological polar surface area (TPSA) is 125 Å². The van der Waals surface area contributed by atoms with Crippen molar-refractivity contribution in [3.05, 3.63) is 101 Å². The Bertz CT molecular complexity index is 1900. The monoisotopic (exact) mass is 755 g/mol. The van der Waals surface area contributed by atoms with E-state index in [0.717, 1.165) is 10.8 Å². The number of carbonyl (C=O) groups is 4. The minimum atomic E-state index is -1.51. The Labute approximate surface area is 305 Å². The summed E-state index contributed by atoms with van der Waals surface area (Å²) in [5.74, 6) is -4.04. The van der Waals surface area contributed by atoms with Crippen molar-refractivity contribution >= 4 is 56.1 Å². The van der Waals surface area contributed by atoms with Gasteiger partial charge in [-0.3, -0.25) is 19.2 Å². The average Bonchev–Trinajstić information content (AvgIpc) is 3.74. The number of hydrogen-bond donors (Lipinski definition) is 2. The van der Waals surface area contributed by atoms with E-state index in [-0.39, 0.29) is 37.9 Å². The molecular formula is C40H42BrN3O7. The molecule has 4 aliphatic rings. The van der Waals surface area contributed by atoms with Crippen LogP contribution in [-0.4, -0.2) is 77.2 Å². The number of nitrogens with zero attached hydrogens (tertiary/aromatic N) is 2. The number of aliphatic hydroxyl groups excluding tert-OH is 1. The lowest BCUT2D eigenvalue weighted by Gasteiger charge is -2.40. The van der Waals surface area contributed by atoms with Gasteiger partial charge in [-0.15, -0.1) is 0 Å². The minimum absolute atomic E-state index is 0.0425. The molecule has 4 heterocycles. The first-order valence-corrected chi connectivity index (χ1v) is 18.4. The Hall–Kier alpha value is -4.32. The molecule has 1 spiro atoms. The van der Waals surface area contributed by atoms with Crippen molar-refractivity contribution < 1.29 is 33.8 Å². The zero-order valence-corrected chi connectivity index (χ0v) is 30.2. The summed E-state index contributed by atoms with van der Waals surface area (Å²) in [6.45, 7) is 3.74. The van der Waals surface area contributed by atoms with Crippen molar-refractivity contribution in [1.29, 1.82) is 0 Å². The van der Waals surface area contributed by atoms with Crippen molar-refractivity contribution in [2.45, 2.75) is 63.0 Å². The number of likely N-dealkylation sites (tertiary alicyclic amines) is 1. The number of anilines is 1. The van der Waals surface area contributed by atoms with Crippen LogP contribution in [-0.2, 0) is 28.7 Å². The van der Waals surface area contributed by atoms with Crippen LogP contribution in [0.5, 0.6) is 0 Å². The minimum Gasteiger partial charge on any atom is -0.455 e. The Kier molecular flexibility index (Phi) is 9.88. The van der Waals surface area contributed by atoms with Crippen LogP contribution in [0.1, 0.15) is 44.8 Å². The van der Waals surface area contributed by atoms with Crippen molar-refractivity contribution in [3.8, 4) is 0 Å². The van der Waals surface area contributed by atoms with Gasteiger partial charge in [-0.05, 0) is 46.9 Å². The van der Waals surface area contributed by atoms with Gasteiger partial charge in [0.1, 0.15) is 29.8 Å². The largest absolute Gasteiger partial charge is 0.455 e. The number of cyclic esters (lactones) is 1. The van der Waals surface area contributed by atoms with E-state index in [4.69, 9.17) is 9.47 Å². The zero-order valence-electron chi connectivity index (χ0n) is 28.6. The van der Waals surface area contributed by atoms with Crippen LogP contribution in [0.25, 0.3) is 10.8 Å². The molecule has 2 N–H and O–H groups in total. The van der Waals surface area contributed by atoms with Crippen molar-refractivity contribution in [2.75, 3.05) is 24.6 Å². The highest BCUT2D eigenvalue weighted by atomic mass is 79.9. The number of esters is 1. The maximum Gasteiger partial charge on any atom is 0.313 e. The van der Waals surface area contributed by atoms with Gasteiger partial charge in [-0.1, -0.05) is 109 Å². The van der Waals surface area contributed by atoms with Gasteiger partial charge in [-0.2, -0.15) is 0 Å². The van der Waals surface area contributed by atoms with E-state index in [2.05, 4.69) is 21.2 Å². The van der Waals surface area contributed by atoms with Crippen LogP contribution in [0.3, 0.4) is 0 Å². The molecule has 3 aromatic carbocycles. The third kappa shape index (κ3) is 6.19. The number of carbonyl (C=O) groups excluding carboxylic acids is 4. The Balaban J connectivity index is 1.37. The van der Waals surface area contributed by atoms with Gasteiger partial charge in [0.25, 0.3) is 5.91 Å². The third-order valence-corrected chi connectivity index (χ3v) is 11.6. The number of amides is 3. The molecule has 0 radical (unpaired) electrons. The van der Waals surface area contributed by atoms with E-state index in [1.165, 1.54) is 4.90 Å². The van der Waals surface area contributed by atoms with Gasteiger partial charge >= 0.3 is 5.97 Å². The SMILES string of the molecule is CC[C@H](C)[C@H](CO)N1C(=O)[C@@H]2[C@H]3C(=O)O[C@@H](c4ccccc4)CNC(=O)CC/C=C\CN(c4ccc5ccccc5c4)C(=O)[C@@H]1[C@]21C=C(Br)[C@H]3O1. The fourth-order valence-corrected chi connectivity index (χ4v) is 8.85. The highest BCUT2D eigenvalue weighted by molar-refractivity contribution is 9.11. The molecule has 2 saturated heterocycles. The molecule has 3 amide bonds. The molecule has 7 rings (SSSR count). The molecule has 0 aromatic heterocycles. The van der Waals surface area contributed by atoms with Gasteiger partial charge < -0.3 is 29.7 Å². The van der Waals surface area contributed by atoms with Gasteiger partial charge in [0, 0.05) is 23.1 Å². The smallest absolute Gasteiger partial charge is 0.313 e. The van der Waals surface area contributed by atoms with E-state index in [9.17, 15) is 19.5 Å². The number of rotatable bonds is 6. The average molecular weight is 757 g/mol. The molecule has 10 nitrogen and oxygen atoms in total. The van der Waals surface area contributed by atoms with Crippen LogP contribution in [0.4, 0.5) is 5.69 Å². The highest BCUT2D eigenvalue weighted by Crippen LogP contribution is 2.59. The summed E-state index contributed by atoms with van der Waals surface area (Å²) < 4.78 is 13.4. The van der Waals surface area contributed by atoms with E-state index in [0.29, 0.717) is 28.6 Å². The summed E-state index contributed by atoms with van der Waals surface area (Å²) in [5.41, 5.74) is -0.202. The number of benzene rings is 3. The summed E-state index contributed by atoms with van der Waals surface area (Å²) in [4.78, 5) is 60.7. The lowest BCUT2D eigenvalue weighted by molar-refractivity contribution is -0.160. The maximum absolute atomic E-state index is 15.3. The van der Waals surface area contributed by atoms with E-state index in [1.807, 2.05) is 98.8 Å².